The van der Waals surface area contributed by atoms with Crippen molar-refractivity contribution in [2.24, 2.45) is 0 Å². The summed E-state index contributed by atoms with van der Waals surface area (Å²) in [5.41, 5.74) is 1.92. The van der Waals surface area contributed by atoms with Crippen LogP contribution in [0.5, 0.6) is 0 Å². The molecule has 4 nitrogen and oxygen atoms in total. The van der Waals surface area contributed by atoms with E-state index < -0.39 is 0 Å². The first-order chi connectivity index (χ1) is 10.7. The van der Waals surface area contributed by atoms with Gasteiger partial charge < -0.3 is 10.6 Å². The number of hydrogen-bond donors (Lipinski definition) is 2. The van der Waals surface area contributed by atoms with Crippen molar-refractivity contribution in [1.82, 2.24) is 9.97 Å². The van der Waals surface area contributed by atoms with Crippen molar-refractivity contribution in [3.8, 4) is 0 Å². The molecule has 0 spiro atoms. The number of aromatic nitrogens is 2. The zero-order valence-corrected chi connectivity index (χ0v) is 12.8. The summed E-state index contributed by atoms with van der Waals surface area (Å²) in [6, 6.07) is 8.94. The third kappa shape index (κ3) is 3.93. The third-order valence-corrected chi connectivity index (χ3v) is 3.93. The van der Waals surface area contributed by atoms with E-state index in [0.717, 1.165) is 17.1 Å². The summed E-state index contributed by atoms with van der Waals surface area (Å²) in [5.74, 6) is 1.25. The van der Waals surface area contributed by atoms with Crippen LogP contribution in [-0.4, -0.2) is 16.0 Å². The number of anilines is 2. The maximum atomic E-state index is 12.9. The van der Waals surface area contributed by atoms with Gasteiger partial charge in [-0.2, -0.15) is 4.98 Å². The van der Waals surface area contributed by atoms with Crippen LogP contribution in [0.2, 0.25) is 0 Å². The summed E-state index contributed by atoms with van der Waals surface area (Å²) in [7, 11) is 0. The first-order valence-electron chi connectivity index (χ1n) is 7.79. The molecule has 1 aliphatic carbocycles. The molecule has 2 aromatic rings. The third-order valence-electron chi connectivity index (χ3n) is 3.93. The molecule has 116 valence electrons. The van der Waals surface area contributed by atoms with E-state index in [9.17, 15) is 4.39 Å². The van der Waals surface area contributed by atoms with Gasteiger partial charge in [-0.25, -0.2) is 9.37 Å². The lowest BCUT2D eigenvalue weighted by Crippen LogP contribution is -2.16. The van der Waals surface area contributed by atoms with Gasteiger partial charge >= 0.3 is 0 Å². The van der Waals surface area contributed by atoms with Gasteiger partial charge in [0, 0.05) is 24.3 Å². The molecule has 3 rings (SSSR count). The highest BCUT2D eigenvalue weighted by Gasteiger charge is 2.15. The average Bonchev–Trinajstić information content (AvgIpc) is 2.99. The zero-order valence-electron chi connectivity index (χ0n) is 12.8. The first-order valence-corrected chi connectivity index (χ1v) is 7.79. The van der Waals surface area contributed by atoms with Gasteiger partial charge in [-0.1, -0.05) is 25.0 Å². The van der Waals surface area contributed by atoms with E-state index in [-0.39, 0.29) is 5.82 Å². The maximum Gasteiger partial charge on any atom is 0.225 e. The van der Waals surface area contributed by atoms with Gasteiger partial charge in [0.25, 0.3) is 0 Å². The molecule has 0 unspecified atom stereocenters. The Bertz CT molecular complexity index is 621. The lowest BCUT2D eigenvalue weighted by Gasteiger charge is -2.14. The highest BCUT2D eigenvalue weighted by Crippen LogP contribution is 2.22. The monoisotopic (exact) mass is 300 g/mol. The minimum absolute atomic E-state index is 0.224. The number of benzene rings is 1. The molecular formula is C17H21FN4. The van der Waals surface area contributed by atoms with Gasteiger partial charge in [0.05, 0.1) is 0 Å². The molecular weight excluding hydrogens is 279 g/mol. The Morgan fingerprint density at radius 1 is 1.14 bits per heavy atom. The van der Waals surface area contributed by atoms with Crippen LogP contribution in [0.15, 0.2) is 30.3 Å². The smallest absolute Gasteiger partial charge is 0.225 e. The van der Waals surface area contributed by atoms with Crippen molar-refractivity contribution in [2.45, 2.75) is 45.2 Å². The van der Waals surface area contributed by atoms with Gasteiger partial charge in [-0.15, -0.1) is 0 Å². The van der Waals surface area contributed by atoms with Gasteiger partial charge in [0.1, 0.15) is 11.6 Å². The number of halogens is 1. The van der Waals surface area contributed by atoms with Crippen molar-refractivity contribution in [3.05, 3.63) is 47.4 Å². The average molecular weight is 300 g/mol. The van der Waals surface area contributed by atoms with Crippen LogP contribution in [0.25, 0.3) is 0 Å². The number of nitrogens with zero attached hydrogens (tertiary/aromatic N) is 2. The normalized spacial score (nSPS) is 15.0. The quantitative estimate of drug-likeness (QED) is 0.879. The van der Waals surface area contributed by atoms with Crippen molar-refractivity contribution in [2.75, 3.05) is 10.6 Å². The maximum absolute atomic E-state index is 12.9. The lowest BCUT2D eigenvalue weighted by atomic mass is 10.2. The predicted molar refractivity (Wildman–Crippen MR) is 86.4 cm³/mol. The Balaban J connectivity index is 1.65. The van der Waals surface area contributed by atoms with E-state index >= 15 is 0 Å². The van der Waals surface area contributed by atoms with Crippen LogP contribution in [0, 0.1) is 12.7 Å². The van der Waals surface area contributed by atoms with Gasteiger partial charge in [-0.05, 0) is 37.5 Å². The number of nitrogens with one attached hydrogen (secondary N) is 2. The fourth-order valence-corrected chi connectivity index (χ4v) is 2.78. The van der Waals surface area contributed by atoms with Gasteiger partial charge in [-0.3, -0.25) is 0 Å². The highest BCUT2D eigenvalue weighted by atomic mass is 19.1. The van der Waals surface area contributed by atoms with E-state index in [1.54, 1.807) is 12.1 Å². The molecule has 0 saturated heterocycles. The topological polar surface area (TPSA) is 49.8 Å². The molecule has 0 atom stereocenters. The standard InChI is InChI=1S/C17H21FN4/c1-12-10-16(21-15-4-2-3-5-15)22-17(20-12)19-11-13-6-8-14(18)9-7-13/h6-10,15H,2-5,11H2,1H3,(H2,19,20,21,22). The molecule has 0 bridgehead atoms. The molecule has 22 heavy (non-hydrogen) atoms. The summed E-state index contributed by atoms with van der Waals surface area (Å²) in [6.07, 6.45) is 5.00. The molecule has 1 aromatic heterocycles. The van der Waals surface area contributed by atoms with Crippen LogP contribution in [-0.2, 0) is 6.54 Å². The van der Waals surface area contributed by atoms with Crippen LogP contribution in [0.3, 0.4) is 0 Å². The van der Waals surface area contributed by atoms with Crippen molar-refractivity contribution < 1.29 is 4.39 Å². The van der Waals surface area contributed by atoms with E-state index in [1.165, 1.54) is 37.8 Å². The lowest BCUT2D eigenvalue weighted by molar-refractivity contribution is 0.627. The molecule has 2 N–H and O–H groups in total. The Kier molecular flexibility index (Phi) is 4.51. The first kappa shape index (κ1) is 14.8. The van der Waals surface area contributed by atoms with Gasteiger partial charge in [0.15, 0.2) is 0 Å². The molecule has 0 radical (unpaired) electrons. The fraction of sp³-hybridized carbons (Fsp3) is 0.412. The predicted octanol–water partition coefficient (Wildman–Crippen LogP) is 3.89. The van der Waals surface area contributed by atoms with Crippen LogP contribution < -0.4 is 10.6 Å². The van der Waals surface area contributed by atoms with Crippen molar-refractivity contribution in [3.63, 3.8) is 0 Å². The Morgan fingerprint density at radius 3 is 2.59 bits per heavy atom. The minimum atomic E-state index is -0.224. The second kappa shape index (κ2) is 6.73. The fourth-order valence-electron chi connectivity index (χ4n) is 2.78. The number of aryl methyl sites for hydroxylation is 1. The van der Waals surface area contributed by atoms with Crippen molar-refractivity contribution in [1.29, 1.82) is 0 Å². The molecule has 5 heteroatoms. The zero-order chi connectivity index (χ0) is 15.4. The largest absolute Gasteiger partial charge is 0.367 e. The van der Waals surface area contributed by atoms with Crippen molar-refractivity contribution >= 4 is 11.8 Å². The highest BCUT2D eigenvalue weighted by molar-refractivity contribution is 5.43. The van der Waals surface area contributed by atoms with E-state index in [0.29, 0.717) is 18.5 Å². The van der Waals surface area contributed by atoms with E-state index in [2.05, 4.69) is 20.6 Å². The summed E-state index contributed by atoms with van der Waals surface area (Å²) in [5, 5.41) is 6.69. The number of rotatable bonds is 5. The molecule has 0 aliphatic heterocycles. The van der Waals surface area contributed by atoms with E-state index in [1.807, 2.05) is 13.0 Å². The molecule has 1 aliphatic rings. The minimum Gasteiger partial charge on any atom is -0.367 e. The van der Waals surface area contributed by atoms with Gasteiger partial charge in [0.2, 0.25) is 5.95 Å². The van der Waals surface area contributed by atoms with E-state index in [4.69, 9.17) is 0 Å². The summed E-state index contributed by atoms with van der Waals surface area (Å²) >= 11 is 0. The second-order valence-corrected chi connectivity index (χ2v) is 5.82. The molecule has 1 fully saturated rings. The second-order valence-electron chi connectivity index (χ2n) is 5.82. The summed E-state index contributed by atoms with van der Waals surface area (Å²) in [4.78, 5) is 8.93. The summed E-state index contributed by atoms with van der Waals surface area (Å²) < 4.78 is 12.9. The van der Waals surface area contributed by atoms with Crippen LogP contribution in [0.4, 0.5) is 16.2 Å². The Labute approximate surface area is 130 Å². The van der Waals surface area contributed by atoms with Crippen LogP contribution in [0.1, 0.15) is 36.9 Å². The molecule has 0 amide bonds. The summed E-state index contributed by atoms with van der Waals surface area (Å²) in [6.45, 7) is 2.54. The molecule has 1 saturated carbocycles. The molecule has 1 heterocycles. The van der Waals surface area contributed by atoms with Crippen LogP contribution >= 0.6 is 0 Å². The Hall–Kier alpha value is -2.17. The number of hydrogen-bond acceptors (Lipinski definition) is 4. The molecule has 1 aromatic carbocycles. The SMILES string of the molecule is Cc1cc(NC2CCCC2)nc(NCc2ccc(F)cc2)n1. The Morgan fingerprint density at radius 2 is 1.86 bits per heavy atom.